The molecular formula is C7H14N2O2. The third kappa shape index (κ3) is 1.97. The van der Waals surface area contributed by atoms with E-state index < -0.39 is 5.72 Å². The van der Waals surface area contributed by atoms with Crippen LogP contribution in [0.15, 0.2) is 10.2 Å². The Morgan fingerprint density at radius 3 is 2.36 bits per heavy atom. The van der Waals surface area contributed by atoms with E-state index in [4.69, 9.17) is 5.26 Å². The van der Waals surface area contributed by atoms with Crippen molar-refractivity contribution in [3.63, 3.8) is 0 Å². The summed E-state index contributed by atoms with van der Waals surface area (Å²) in [6.45, 7) is 0. The van der Waals surface area contributed by atoms with E-state index in [0.717, 1.165) is 25.7 Å². The zero-order valence-electron chi connectivity index (χ0n) is 6.79. The summed E-state index contributed by atoms with van der Waals surface area (Å²) < 4.78 is 0. The fourth-order valence-electron chi connectivity index (χ4n) is 1.50. The van der Waals surface area contributed by atoms with E-state index in [-0.39, 0.29) is 0 Å². The lowest BCUT2D eigenvalue weighted by Gasteiger charge is -2.28. The number of hydrogen-bond donors (Lipinski definition) is 1. The molecule has 1 saturated carbocycles. The summed E-state index contributed by atoms with van der Waals surface area (Å²) in [6, 6.07) is 0. The van der Waals surface area contributed by atoms with Gasteiger partial charge in [-0.05, 0) is 12.8 Å². The van der Waals surface area contributed by atoms with Crippen LogP contribution in [0.5, 0.6) is 0 Å². The Labute approximate surface area is 66.2 Å². The highest BCUT2D eigenvalue weighted by Crippen LogP contribution is 2.32. The van der Waals surface area contributed by atoms with Gasteiger partial charge in [0, 0.05) is 19.9 Å². The van der Waals surface area contributed by atoms with Gasteiger partial charge in [0.05, 0.1) is 0 Å². The van der Waals surface area contributed by atoms with Gasteiger partial charge in [0.15, 0.2) is 0 Å². The van der Waals surface area contributed by atoms with Crippen molar-refractivity contribution in [2.45, 2.75) is 37.8 Å². The average molecular weight is 158 g/mol. The first-order valence-electron chi connectivity index (χ1n) is 3.96. The van der Waals surface area contributed by atoms with Gasteiger partial charge in [-0.3, -0.25) is 0 Å². The smallest absolute Gasteiger partial charge is 0.212 e. The highest BCUT2D eigenvalue weighted by molar-refractivity contribution is 4.79. The topological polar surface area (TPSA) is 54.2 Å². The summed E-state index contributed by atoms with van der Waals surface area (Å²) in [5, 5.41) is 16.1. The third-order valence-electron chi connectivity index (χ3n) is 2.09. The average Bonchev–Trinajstić information content (AvgIpc) is 2.07. The molecule has 0 atom stereocenters. The second-order valence-corrected chi connectivity index (χ2v) is 2.90. The van der Waals surface area contributed by atoms with Crippen molar-refractivity contribution in [1.82, 2.24) is 0 Å². The molecule has 64 valence electrons. The molecule has 1 rings (SSSR count). The summed E-state index contributed by atoms with van der Waals surface area (Å²) >= 11 is 0. The minimum atomic E-state index is -0.715. The second-order valence-electron chi connectivity index (χ2n) is 2.90. The van der Waals surface area contributed by atoms with Crippen molar-refractivity contribution in [1.29, 1.82) is 0 Å². The zero-order chi connectivity index (χ0) is 8.16. The van der Waals surface area contributed by atoms with Gasteiger partial charge in [-0.25, -0.2) is 10.1 Å². The first-order valence-corrected chi connectivity index (χ1v) is 3.96. The molecule has 0 aliphatic heterocycles. The van der Waals surface area contributed by atoms with Crippen LogP contribution in [0.4, 0.5) is 0 Å². The molecule has 11 heavy (non-hydrogen) atoms. The van der Waals surface area contributed by atoms with E-state index in [0.29, 0.717) is 0 Å². The second kappa shape index (κ2) is 3.78. The molecule has 0 bridgehead atoms. The lowest BCUT2D eigenvalue weighted by atomic mass is 9.92. The molecule has 0 amide bonds. The SMILES string of the molecule is CN=NC1(OO)CCCCC1. The molecule has 0 heterocycles. The molecule has 0 aromatic carbocycles. The summed E-state index contributed by atoms with van der Waals surface area (Å²) in [7, 11) is 1.59. The van der Waals surface area contributed by atoms with E-state index in [1.54, 1.807) is 7.05 Å². The molecule has 0 aromatic rings. The van der Waals surface area contributed by atoms with Gasteiger partial charge in [-0.2, -0.15) is 10.2 Å². The largest absolute Gasteiger partial charge is 0.249 e. The summed E-state index contributed by atoms with van der Waals surface area (Å²) in [5.74, 6) is 0. The van der Waals surface area contributed by atoms with Crippen LogP contribution in [0.25, 0.3) is 0 Å². The highest BCUT2D eigenvalue weighted by atomic mass is 17.1. The van der Waals surface area contributed by atoms with Crippen LogP contribution in [0.2, 0.25) is 0 Å². The fourth-order valence-corrected chi connectivity index (χ4v) is 1.50. The number of azo groups is 1. The number of nitrogens with zero attached hydrogens (tertiary/aromatic N) is 2. The monoisotopic (exact) mass is 158 g/mol. The molecular weight excluding hydrogens is 144 g/mol. The molecule has 0 aromatic heterocycles. The van der Waals surface area contributed by atoms with Crippen molar-refractivity contribution in [2.24, 2.45) is 10.2 Å². The highest BCUT2D eigenvalue weighted by Gasteiger charge is 2.33. The van der Waals surface area contributed by atoms with Gasteiger partial charge >= 0.3 is 0 Å². The summed E-state index contributed by atoms with van der Waals surface area (Å²) in [6.07, 6.45) is 4.87. The predicted octanol–water partition coefficient (Wildman–Crippen LogP) is 2.22. The molecule has 0 unspecified atom stereocenters. The van der Waals surface area contributed by atoms with Crippen LogP contribution >= 0.6 is 0 Å². The third-order valence-corrected chi connectivity index (χ3v) is 2.09. The maximum atomic E-state index is 8.62. The van der Waals surface area contributed by atoms with Crippen LogP contribution < -0.4 is 0 Å². The Kier molecular flexibility index (Phi) is 2.96. The molecule has 4 nitrogen and oxygen atoms in total. The van der Waals surface area contributed by atoms with E-state index in [9.17, 15) is 0 Å². The van der Waals surface area contributed by atoms with Crippen molar-refractivity contribution in [2.75, 3.05) is 7.05 Å². The molecule has 0 spiro atoms. The maximum absolute atomic E-state index is 8.62. The van der Waals surface area contributed by atoms with Crippen LogP contribution in [-0.4, -0.2) is 18.0 Å². The van der Waals surface area contributed by atoms with Gasteiger partial charge < -0.3 is 0 Å². The van der Waals surface area contributed by atoms with Gasteiger partial charge in [-0.15, -0.1) is 0 Å². The Morgan fingerprint density at radius 1 is 1.27 bits per heavy atom. The first kappa shape index (κ1) is 8.62. The van der Waals surface area contributed by atoms with Crippen LogP contribution in [0.3, 0.4) is 0 Å². The molecule has 1 aliphatic rings. The number of rotatable bonds is 2. The fraction of sp³-hybridized carbons (Fsp3) is 1.00. The normalized spacial score (nSPS) is 24.2. The van der Waals surface area contributed by atoms with E-state index in [1.807, 2.05) is 0 Å². The maximum Gasteiger partial charge on any atom is 0.212 e. The molecule has 0 radical (unpaired) electrons. The van der Waals surface area contributed by atoms with E-state index >= 15 is 0 Å². The minimum Gasteiger partial charge on any atom is -0.249 e. The van der Waals surface area contributed by atoms with Crippen molar-refractivity contribution < 1.29 is 10.1 Å². The van der Waals surface area contributed by atoms with Gasteiger partial charge in [0.1, 0.15) is 0 Å². The Bertz CT molecular complexity index is 141. The first-order chi connectivity index (χ1) is 5.33. The molecule has 1 aliphatic carbocycles. The van der Waals surface area contributed by atoms with Crippen molar-refractivity contribution >= 4 is 0 Å². The molecule has 1 N–H and O–H groups in total. The van der Waals surface area contributed by atoms with Crippen molar-refractivity contribution in [3.8, 4) is 0 Å². The van der Waals surface area contributed by atoms with E-state index in [1.165, 1.54) is 6.42 Å². The van der Waals surface area contributed by atoms with Gasteiger partial charge in [-0.1, -0.05) is 6.42 Å². The van der Waals surface area contributed by atoms with E-state index in [2.05, 4.69) is 15.1 Å². The summed E-state index contributed by atoms with van der Waals surface area (Å²) in [4.78, 5) is 4.36. The van der Waals surface area contributed by atoms with Crippen LogP contribution in [0, 0.1) is 0 Å². The van der Waals surface area contributed by atoms with Gasteiger partial charge in [0.25, 0.3) is 0 Å². The van der Waals surface area contributed by atoms with Gasteiger partial charge in [0.2, 0.25) is 5.72 Å². The lowest BCUT2D eigenvalue weighted by Crippen LogP contribution is -2.31. The van der Waals surface area contributed by atoms with Crippen LogP contribution in [0.1, 0.15) is 32.1 Å². The quantitative estimate of drug-likeness (QED) is 0.380. The summed E-state index contributed by atoms with van der Waals surface area (Å²) in [5.41, 5.74) is -0.715. The standard InChI is InChI=1S/C7H14N2O2/c1-8-9-7(11-10)5-3-2-4-6-7/h10H,2-6H2,1H3. The van der Waals surface area contributed by atoms with Crippen LogP contribution in [-0.2, 0) is 4.89 Å². The van der Waals surface area contributed by atoms with Crippen molar-refractivity contribution in [3.05, 3.63) is 0 Å². The Morgan fingerprint density at radius 2 is 1.91 bits per heavy atom. The molecule has 1 fully saturated rings. The zero-order valence-corrected chi connectivity index (χ0v) is 6.79. The minimum absolute atomic E-state index is 0.715. The molecule has 4 heteroatoms. The lowest BCUT2D eigenvalue weighted by molar-refractivity contribution is -0.329. The predicted molar refractivity (Wildman–Crippen MR) is 40.3 cm³/mol. The Hall–Kier alpha value is -0.480. The Balaban J connectivity index is 2.56. The molecule has 0 saturated heterocycles. The number of hydrogen-bond acceptors (Lipinski definition) is 4.